The number of hydrogen-bond acceptors (Lipinski definition) is 3. The van der Waals surface area contributed by atoms with Crippen molar-refractivity contribution < 1.29 is 14.4 Å². The summed E-state index contributed by atoms with van der Waals surface area (Å²) >= 11 is 6.23. The molecule has 0 N–H and O–H groups in total. The fourth-order valence-corrected chi connectivity index (χ4v) is 7.41. The van der Waals surface area contributed by atoms with Gasteiger partial charge in [-0.2, -0.15) is 0 Å². The predicted molar refractivity (Wildman–Crippen MR) is 141 cm³/mol. The summed E-state index contributed by atoms with van der Waals surface area (Å²) in [4.78, 5) is 44.1. The number of halogens is 1. The van der Waals surface area contributed by atoms with Crippen LogP contribution in [0.3, 0.4) is 0 Å². The van der Waals surface area contributed by atoms with Crippen molar-refractivity contribution in [2.24, 2.45) is 22.7 Å². The Balaban J connectivity index is 1.66. The van der Waals surface area contributed by atoms with Gasteiger partial charge < -0.3 is 0 Å². The lowest BCUT2D eigenvalue weighted by Gasteiger charge is -2.37. The second kappa shape index (κ2) is 8.01. The van der Waals surface area contributed by atoms with Gasteiger partial charge in [0, 0.05) is 5.02 Å². The highest BCUT2D eigenvalue weighted by Crippen LogP contribution is 2.74. The Kier molecular flexibility index (Phi) is 5.10. The van der Waals surface area contributed by atoms with E-state index in [1.807, 2.05) is 74.5 Å². The maximum absolute atomic E-state index is 14.6. The van der Waals surface area contributed by atoms with Crippen LogP contribution in [0.4, 0.5) is 5.69 Å². The number of fused-ring (bicyclic) bond motifs is 5. The second-order valence-corrected chi connectivity index (χ2v) is 10.6. The van der Waals surface area contributed by atoms with Crippen molar-refractivity contribution in [1.29, 1.82) is 0 Å². The van der Waals surface area contributed by atoms with Crippen LogP contribution in [-0.4, -0.2) is 17.6 Å². The van der Waals surface area contributed by atoms with E-state index in [9.17, 15) is 14.4 Å². The van der Waals surface area contributed by atoms with Crippen molar-refractivity contribution in [1.82, 2.24) is 0 Å². The number of carbonyl (C=O) groups excluding carboxylic acids is 3. The molecule has 0 unspecified atom stereocenters. The molecule has 3 aliphatic rings. The Morgan fingerprint density at radius 3 is 1.94 bits per heavy atom. The number of carbonyl (C=O) groups is 3. The van der Waals surface area contributed by atoms with Gasteiger partial charge in [-0.15, -0.1) is 0 Å². The molecule has 4 nitrogen and oxygen atoms in total. The highest BCUT2D eigenvalue weighted by Gasteiger charge is 2.80. The maximum Gasteiger partial charge on any atom is 0.239 e. The molecular weight excluding hydrogens is 470 g/mol. The van der Waals surface area contributed by atoms with Crippen molar-refractivity contribution in [3.05, 3.63) is 101 Å². The zero-order chi connectivity index (χ0) is 25.2. The first-order valence-corrected chi connectivity index (χ1v) is 12.8. The molecule has 3 aromatic rings. The van der Waals surface area contributed by atoms with Gasteiger partial charge in [-0.1, -0.05) is 91.7 Å². The zero-order valence-corrected chi connectivity index (χ0v) is 21.0. The van der Waals surface area contributed by atoms with Crippen molar-refractivity contribution in [2.75, 3.05) is 4.90 Å². The molecule has 6 rings (SSSR count). The topological polar surface area (TPSA) is 54.5 Å². The van der Waals surface area contributed by atoms with Crippen LogP contribution in [0.1, 0.15) is 37.8 Å². The lowest BCUT2D eigenvalue weighted by molar-refractivity contribution is -0.134. The highest BCUT2D eigenvalue weighted by molar-refractivity contribution is 6.35. The van der Waals surface area contributed by atoms with E-state index < -0.39 is 22.7 Å². The fraction of sp³-hybridized carbons (Fsp3) is 0.258. The summed E-state index contributed by atoms with van der Waals surface area (Å²) in [6, 6.07) is 26.6. The number of Topliss-reactive ketones (excluding diaryl/α,β-unsaturated/α-hetero) is 1. The molecule has 0 radical (unpaired) electrons. The Morgan fingerprint density at radius 1 is 0.778 bits per heavy atom. The Labute approximate surface area is 215 Å². The molecule has 1 heterocycles. The summed E-state index contributed by atoms with van der Waals surface area (Å²) in [7, 11) is 0. The molecule has 2 fully saturated rings. The van der Waals surface area contributed by atoms with Gasteiger partial charge in [-0.05, 0) is 53.8 Å². The molecule has 0 aromatic heterocycles. The number of ketones is 1. The molecule has 0 spiro atoms. The highest BCUT2D eigenvalue weighted by atomic mass is 35.5. The van der Waals surface area contributed by atoms with E-state index in [4.69, 9.17) is 11.6 Å². The van der Waals surface area contributed by atoms with E-state index in [1.54, 1.807) is 24.3 Å². The minimum Gasteiger partial charge on any atom is -0.298 e. The molecule has 1 saturated heterocycles. The van der Waals surface area contributed by atoms with Gasteiger partial charge in [0.25, 0.3) is 0 Å². The molecule has 1 aliphatic heterocycles. The lowest BCUT2D eigenvalue weighted by Crippen LogP contribution is -2.41. The van der Waals surface area contributed by atoms with E-state index in [1.165, 1.54) is 4.90 Å². The van der Waals surface area contributed by atoms with E-state index >= 15 is 0 Å². The van der Waals surface area contributed by atoms with Crippen LogP contribution in [0.25, 0.3) is 11.1 Å². The number of benzene rings is 3. The first-order valence-electron chi connectivity index (χ1n) is 12.4. The minimum atomic E-state index is -1.12. The van der Waals surface area contributed by atoms with E-state index in [0.29, 0.717) is 23.6 Å². The van der Waals surface area contributed by atoms with Gasteiger partial charge in [0.15, 0.2) is 5.78 Å². The number of imide groups is 1. The second-order valence-electron chi connectivity index (χ2n) is 10.2. The summed E-state index contributed by atoms with van der Waals surface area (Å²) in [5, 5.41) is 0.451. The van der Waals surface area contributed by atoms with Crippen LogP contribution < -0.4 is 4.90 Å². The molecule has 2 bridgehead atoms. The van der Waals surface area contributed by atoms with Crippen molar-refractivity contribution >= 4 is 46.0 Å². The number of allylic oxidation sites excluding steroid dienone is 2. The van der Waals surface area contributed by atoms with Crippen LogP contribution in [0.5, 0.6) is 0 Å². The fourth-order valence-electron chi connectivity index (χ4n) is 7.23. The summed E-state index contributed by atoms with van der Waals surface area (Å²) < 4.78 is 0. The first-order chi connectivity index (χ1) is 17.4. The normalized spacial score (nSPS) is 28.9. The standard InChI is InChI=1S/C31H26ClNO3/c1-3-17-31-24(20-13-8-5-9-14-20)23(19-11-6-4-7-12-19)30(2,29(31)36)25-26(31)28(35)33(27(25)34)22-16-10-15-21(32)18-22/h4-16,18,25-26H,3,17H2,1-2H3/t25-,26-,30+,31-/m1/s1. The van der Waals surface area contributed by atoms with Gasteiger partial charge in [0.05, 0.1) is 28.4 Å². The summed E-state index contributed by atoms with van der Waals surface area (Å²) in [5.41, 5.74) is 1.90. The SMILES string of the molecule is CCC[C@@]12C(=O)[C@@](C)(C(c3ccccc3)=C1c1ccccc1)[C@H]1C(=O)N(c3cccc(Cl)c3)C(=O)[C@@H]12. The average molecular weight is 496 g/mol. The smallest absolute Gasteiger partial charge is 0.239 e. The third kappa shape index (κ3) is 2.74. The Bertz CT molecular complexity index is 1450. The monoisotopic (exact) mass is 495 g/mol. The largest absolute Gasteiger partial charge is 0.298 e. The van der Waals surface area contributed by atoms with Gasteiger partial charge in [-0.3, -0.25) is 14.4 Å². The molecule has 2 amide bonds. The third-order valence-corrected chi connectivity index (χ3v) is 8.62. The van der Waals surface area contributed by atoms with Crippen LogP contribution in [0, 0.1) is 22.7 Å². The summed E-state index contributed by atoms with van der Waals surface area (Å²) in [6.45, 7) is 3.92. The van der Waals surface area contributed by atoms with Gasteiger partial charge in [0.1, 0.15) is 0 Å². The van der Waals surface area contributed by atoms with Crippen molar-refractivity contribution in [3.8, 4) is 0 Å². The average Bonchev–Trinajstić information content (AvgIpc) is 3.35. The van der Waals surface area contributed by atoms with Crippen LogP contribution >= 0.6 is 11.6 Å². The Hall–Kier alpha value is -3.50. The number of rotatable bonds is 5. The minimum absolute atomic E-state index is 0.00278. The van der Waals surface area contributed by atoms with E-state index in [-0.39, 0.29) is 17.6 Å². The molecule has 36 heavy (non-hydrogen) atoms. The molecule has 4 atom stereocenters. The van der Waals surface area contributed by atoms with E-state index in [2.05, 4.69) is 0 Å². The first kappa shape index (κ1) is 22.9. The van der Waals surface area contributed by atoms with Crippen LogP contribution in [-0.2, 0) is 14.4 Å². The van der Waals surface area contributed by atoms with Crippen LogP contribution in [0.15, 0.2) is 84.9 Å². The third-order valence-electron chi connectivity index (χ3n) is 8.39. The number of hydrogen-bond donors (Lipinski definition) is 0. The maximum atomic E-state index is 14.6. The van der Waals surface area contributed by atoms with Gasteiger partial charge in [-0.25, -0.2) is 4.90 Å². The van der Waals surface area contributed by atoms with Crippen LogP contribution in [0.2, 0.25) is 5.02 Å². The predicted octanol–water partition coefficient (Wildman–Crippen LogP) is 6.45. The molecule has 5 heteroatoms. The molecular formula is C31H26ClNO3. The van der Waals surface area contributed by atoms with Crippen molar-refractivity contribution in [3.63, 3.8) is 0 Å². The molecule has 1 saturated carbocycles. The van der Waals surface area contributed by atoms with Gasteiger partial charge in [0.2, 0.25) is 11.8 Å². The van der Waals surface area contributed by atoms with Crippen molar-refractivity contribution in [2.45, 2.75) is 26.7 Å². The quantitative estimate of drug-likeness (QED) is 0.382. The Morgan fingerprint density at radius 2 is 1.36 bits per heavy atom. The van der Waals surface area contributed by atoms with Gasteiger partial charge >= 0.3 is 0 Å². The molecule has 3 aromatic carbocycles. The number of nitrogens with zero attached hydrogens (tertiary/aromatic N) is 1. The molecule has 2 aliphatic carbocycles. The molecule has 180 valence electrons. The zero-order valence-electron chi connectivity index (χ0n) is 20.2. The number of amides is 2. The lowest BCUT2D eigenvalue weighted by atomic mass is 9.61. The van der Waals surface area contributed by atoms with E-state index in [0.717, 1.165) is 22.3 Å². The summed E-state index contributed by atoms with van der Waals surface area (Å²) in [5.74, 6) is -2.13. The number of anilines is 1. The summed E-state index contributed by atoms with van der Waals surface area (Å²) in [6.07, 6.45) is 1.22.